The maximum atomic E-state index is 14.2. The predicted octanol–water partition coefficient (Wildman–Crippen LogP) is 4.64. The number of hydrogen-bond acceptors (Lipinski definition) is 2. The highest BCUT2D eigenvalue weighted by molar-refractivity contribution is 5.44. The molecule has 1 atom stereocenters. The Labute approximate surface area is 147 Å². The molecule has 1 N–H and O–H groups in total. The normalized spacial score (nSPS) is 16.3. The minimum Gasteiger partial charge on any atom is -0.489 e. The molecular weight excluding hydrogens is 313 g/mol. The summed E-state index contributed by atoms with van der Waals surface area (Å²) < 4.78 is 20.1. The van der Waals surface area contributed by atoms with Crippen LogP contribution < -0.4 is 10.1 Å². The van der Waals surface area contributed by atoms with E-state index in [-0.39, 0.29) is 11.9 Å². The Morgan fingerprint density at radius 2 is 1.72 bits per heavy atom. The van der Waals surface area contributed by atoms with Gasteiger partial charge in [0.05, 0.1) is 6.04 Å². The van der Waals surface area contributed by atoms with Crippen LogP contribution in [0.25, 0.3) is 0 Å². The van der Waals surface area contributed by atoms with Crippen LogP contribution in [-0.4, -0.2) is 6.54 Å². The molecule has 3 aromatic carbocycles. The molecule has 2 nitrogen and oxygen atoms in total. The van der Waals surface area contributed by atoms with Crippen molar-refractivity contribution in [1.82, 2.24) is 5.32 Å². The number of ether oxygens (including phenoxy) is 1. The molecular formula is C22H20FNO. The van der Waals surface area contributed by atoms with Crippen molar-refractivity contribution in [3.05, 3.63) is 101 Å². The van der Waals surface area contributed by atoms with Crippen molar-refractivity contribution in [1.29, 1.82) is 0 Å². The quantitative estimate of drug-likeness (QED) is 0.751. The summed E-state index contributed by atoms with van der Waals surface area (Å²) in [7, 11) is 0. The van der Waals surface area contributed by atoms with E-state index in [0.29, 0.717) is 12.2 Å². The minimum absolute atomic E-state index is 0.104. The molecule has 1 aliphatic rings. The van der Waals surface area contributed by atoms with E-state index in [4.69, 9.17) is 4.74 Å². The van der Waals surface area contributed by atoms with Gasteiger partial charge in [-0.15, -0.1) is 0 Å². The third kappa shape index (κ3) is 3.42. The molecule has 0 radical (unpaired) electrons. The van der Waals surface area contributed by atoms with Gasteiger partial charge in [0.15, 0.2) is 0 Å². The first-order valence-electron chi connectivity index (χ1n) is 8.58. The first kappa shape index (κ1) is 15.9. The molecule has 0 amide bonds. The second kappa shape index (κ2) is 7.08. The minimum atomic E-state index is -0.169. The number of halogens is 1. The Kier molecular flexibility index (Phi) is 4.49. The fourth-order valence-corrected chi connectivity index (χ4v) is 3.36. The van der Waals surface area contributed by atoms with Crippen molar-refractivity contribution in [2.24, 2.45) is 0 Å². The Bertz CT molecular complexity index is 863. The average molecular weight is 333 g/mol. The van der Waals surface area contributed by atoms with E-state index >= 15 is 0 Å². The third-order valence-electron chi connectivity index (χ3n) is 4.63. The molecule has 25 heavy (non-hydrogen) atoms. The molecule has 0 bridgehead atoms. The van der Waals surface area contributed by atoms with Gasteiger partial charge in [-0.25, -0.2) is 4.39 Å². The Balaban J connectivity index is 1.57. The highest BCUT2D eigenvalue weighted by Gasteiger charge is 2.23. The van der Waals surface area contributed by atoms with E-state index in [9.17, 15) is 4.39 Å². The molecule has 0 aliphatic carbocycles. The molecule has 1 unspecified atom stereocenters. The first-order chi connectivity index (χ1) is 12.3. The first-order valence-corrected chi connectivity index (χ1v) is 8.58. The monoisotopic (exact) mass is 333 g/mol. The summed E-state index contributed by atoms with van der Waals surface area (Å²) in [6.45, 7) is 1.38. The number of nitrogens with one attached hydrogen (secondary N) is 1. The summed E-state index contributed by atoms with van der Waals surface area (Å²) in [5.41, 5.74) is 4.19. The van der Waals surface area contributed by atoms with E-state index in [0.717, 1.165) is 29.8 Å². The van der Waals surface area contributed by atoms with Crippen molar-refractivity contribution in [2.75, 3.05) is 6.54 Å². The van der Waals surface area contributed by atoms with E-state index < -0.39 is 0 Å². The van der Waals surface area contributed by atoms with Crippen LogP contribution in [-0.2, 0) is 13.0 Å². The number of rotatable bonds is 4. The smallest absolute Gasteiger partial charge is 0.128 e. The number of benzene rings is 3. The number of hydrogen-bond donors (Lipinski definition) is 1. The highest BCUT2D eigenvalue weighted by atomic mass is 19.1. The van der Waals surface area contributed by atoms with Gasteiger partial charge in [-0.05, 0) is 41.3 Å². The van der Waals surface area contributed by atoms with Gasteiger partial charge in [0.2, 0.25) is 0 Å². The van der Waals surface area contributed by atoms with Gasteiger partial charge in [0.1, 0.15) is 18.2 Å². The molecule has 0 saturated heterocycles. The van der Waals surface area contributed by atoms with Gasteiger partial charge in [0.25, 0.3) is 0 Å². The molecule has 0 saturated carbocycles. The van der Waals surface area contributed by atoms with Crippen molar-refractivity contribution < 1.29 is 9.13 Å². The van der Waals surface area contributed by atoms with E-state index in [2.05, 4.69) is 29.6 Å². The van der Waals surface area contributed by atoms with Crippen molar-refractivity contribution in [3.63, 3.8) is 0 Å². The van der Waals surface area contributed by atoms with Crippen molar-refractivity contribution in [3.8, 4) is 5.75 Å². The summed E-state index contributed by atoms with van der Waals surface area (Å²) in [6, 6.07) is 23.1. The van der Waals surface area contributed by atoms with Gasteiger partial charge in [-0.1, -0.05) is 54.6 Å². The lowest BCUT2D eigenvalue weighted by atomic mass is 9.89. The average Bonchev–Trinajstić information content (AvgIpc) is 2.67. The van der Waals surface area contributed by atoms with E-state index in [1.165, 1.54) is 11.6 Å². The summed E-state index contributed by atoms with van der Waals surface area (Å²) >= 11 is 0. The van der Waals surface area contributed by atoms with Gasteiger partial charge >= 0.3 is 0 Å². The standard InChI is InChI=1S/C22H20FNO/c23-21-9-5-4-8-20(21)22-19-11-10-18(14-17(19)12-13-24-22)25-15-16-6-2-1-3-7-16/h1-11,14,22,24H,12-13,15H2. The summed E-state index contributed by atoms with van der Waals surface area (Å²) in [5, 5.41) is 3.43. The van der Waals surface area contributed by atoms with Gasteiger partial charge in [-0.3, -0.25) is 0 Å². The Morgan fingerprint density at radius 1 is 0.920 bits per heavy atom. The van der Waals surface area contributed by atoms with Gasteiger partial charge in [-0.2, -0.15) is 0 Å². The molecule has 0 spiro atoms. The molecule has 1 heterocycles. The SMILES string of the molecule is Fc1ccccc1C1NCCc2cc(OCc3ccccc3)ccc21. The fraction of sp³-hybridized carbons (Fsp3) is 0.182. The topological polar surface area (TPSA) is 21.3 Å². The lowest BCUT2D eigenvalue weighted by molar-refractivity contribution is 0.305. The molecule has 126 valence electrons. The second-order valence-electron chi connectivity index (χ2n) is 6.29. The van der Waals surface area contributed by atoms with Crippen LogP contribution in [0, 0.1) is 5.82 Å². The summed E-state index contributed by atoms with van der Waals surface area (Å²) in [6.07, 6.45) is 0.919. The van der Waals surface area contributed by atoms with Crippen LogP contribution in [0.1, 0.15) is 28.3 Å². The van der Waals surface area contributed by atoms with Crippen LogP contribution >= 0.6 is 0 Å². The van der Waals surface area contributed by atoms with Crippen LogP contribution in [0.4, 0.5) is 4.39 Å². The molecule has 0 aromatic heterocycles. The fourth-order valence-electron chi connectivity index (χ4n) is 3.36. The molecule has 0 fully saturated rings. The summed E-state index contributed by atoms with van der Waals surface area (Å²) in [5.74, 6) is 0.689. The zero-order valence-electron chi connectivity index (χ0n) is 13.9. The maximum Gasteiger partial charge on any atom is 0.128 e. The van der Waals surface area contributed by atoms with Gasteiger partial charge < -0.3 is 10.1 Å². The summed E-state index contributed by atoms with van der Waals surface area (Å²) in [4.78, 5) is 0. The van der Waals surface area contributed by atoms with Crippen LogP contribution in [0.2, 0.25) is 0 Å². The van der Waals surface area contributed by atoms with Gasteiger partial charge in [0, 0.05) is 12.1 Å². The zero-order valence-corrected chi connectivity index (χ0v) is 13.9. The lowest BCUT2D eigenvalue weighted by Crippen LogP contribution is -2.31. The lowest BCUT2D eigenvalue weighted by Gasteiger charge is -2.28. The highest BCUT2D eigenvalue weighted by Crippen LogP contribution is 2.32. The van der Waals surface area contributed by atoms with Crippen LogP contribution in [0.15, 0.2) is 72.8 Å². The molecule has 1 aliphatic heterocycles. The predicted molar refractivity (Wildman–Crippen MR) is 97.2 cm³/mol. The number of fused-ring (bicyclic) bond motifs is 1. The Morgan fingerprint density at radius 3 is 2.56 bits per heavy atom. The van der Waals surface area contributed by atoms with Crippen LogP contribution in [0.3, 0.4) is 0 Å². The van der Waals surface area contributed by atoms with Crippen LogP contribution in [0.5, 0.6) is 5.75 Å². The van der Waals surface area contributed by atoms with Crippen molar-refractivity contribution >= 4 is 0 Å². The van der Waals surface area contributed by atoms with E-state index in [1.54, 1.807) is 6.07 Å². The maximum absolute atomic E-state index is 14.2. The zero-order chi connectivity index (χ0) is 17.1. The third-order valence-corrected chi connectivity index (χ3v) is 4.63. The second-order valence-corrected chi connectivity index (χ2v) is 6.29. The Hall–Kier alpha value is -2.65. The largest absolute Gasteiger partial charge is 0.489 e. The van der Waals surface area contributed by atoms with Crippen molar-refractivity contribution in [2.45, 2.75) is 19.1 Å². The molecule has 4 rings (SSSR count). The molecule has 3 heteroatoms. The molecule has 3 aromatic rings. The van der Waals surface area contributed by atoms with E-state index in [1.807, 2.05) is 36.4 Å².